The first-order valence-electron chi connectivity index (χ1n) is 10.1. The average molecular weight is 383 g/mol. The van der Waals surface area contributed by atoms with Gasteiger partial charge in [-0.25, -0.2) is 4.98 Å². The van der Waals surface area contributed by atoms with Crippen molar-refractivity contribution in [2.45, 2.75) is 33.2 Å². The number of carbonyl (C=O) groups excluding carboxylic acids is 1. The monoisotopic (exact) mass is 383 g/mol. The molecule has 150 valence electrons. The van der Waals surface area contributed by atoms with Crippen LogP contribution in [0.2, 0.25) is 0 Å². The van der Waals surface area contributed by atoms with E-state index in [9.17, 15) is 4.79 Å². The minimum absolute atomic E-state index is 0.141. The van der Waals surface area contributed by atoms with Crippen molar-refractivity contribution in [3.8, 4) is 0 Å². The first-order chi connectivity index (χ1) is 13.6. The number of likely N-dealkylation sites (tertiary alicyclic amines) is 1. The van der Waals surface area contributed by atoms with Gasteiger partial charge in [-0.15, -0.1) is 0 Å². The van der Waals surface area contributed by atoms with E-state index in [-0.39, 0.29) is 11.3 Å². The minimum atomic E-state index is -0.141. The van der Waals surface area contributed by atoms with Crippen LogP contribution in [-0.4, -0.2) is 48.6 Å². The molecule has 2 fully saturated rings. The highest BCUT2D eigenvalue weighted by atomic mass is 16.5. The van der Waals surface area contributed by atoms with Crippen LogP contribution in [0, 0.1) is 25.2 Å². The molecule has 6 nitrogen and oxygen atoms in total. The highest BCUT2D eigenvalue weighted by Crippen LogP contribution is 2.44. The molecule has 3 heterocycles. The zero-order valence-electron chi connectivity index (χ0n) is 16.7. The van der Waals surface area contributed by atoms with Gasteiger partial charge in [0.2, 0.25) is 0 Å². The lowest BCUT2D eigenvalue weighted by atomic mass is 9.72. The van der Waals surface area contributed by atoms with Crippen molar-refractivity contribution in [3.05, 3.63) is 53.2 Å². The Labute approximate surface area is 166 Å². The predicted octanol–water partition coefficient (Wildman–Crippen LogP) is 2.95. The smallest absolute Gasteiger partial charge is 0.273 e. The van der Waals surface area contributed by atoms with Gasteiger partial charge in [0.05, 0.1) is 0 Å². The molecule has 1 aromatic heterocycles. The quantitative estimate of drug-likeness (QED) is 0.860. The van der Waals surface area contributed by atoms with Gasteiger partial charge in [0.15, 0.2) is 11.6 Å². The molecule has 0 bridgehead atoms. The van der Waals surface area contributed by atoms with Gasteiger partial charge >= 0.3 is 0 Å². The number of aromatic nitrogens is 1. The molecule has 1 spiro atoms. The van der Waals surface area contributed by atoms with Crippen LogP contribution >= 0.6 is 0 Å². The van der Waals surface area contributed by atoms with Gasteiger partial charge in [0, 0.05) is 46.3 Å². The Hall–Kier alpha value is -2.18. The summed E-state index contributed by atoms with van der Waals surface area (Å²) in [7, 11) is 0. The van der Waals surface area contributed by atoms with Crippen molar-refractivity contribution in [1.29, 1.82) is 0 Å². The molecule has 0 saturated carbocycles. The Morgan fingerprint density at radius 1 is 1.25 bits per heavy atom. The van der Waals surface area contributed by atoms with Crippen LogP contribution in [0.1, 0.15) is 40.5 Å². The van der Waals surface area contributed by atoms with E-state index in [0.717, 1.165) is 45.7 Å². The number of aryl methyl sites for hydroxylation is 2. The normalized spacial score (nSPS) is 21.9. The topological polar surface area (TPSA) is 67.6 Å². The molecule has 4 rings (SSSR count). The van der Waals surface area contributed by atoms with Crippen LogP contribution in [0.25, 0.3) is 0 Å². The number of nitrogens with one attached hydrogen (secondary N) is 1. The van der Waals surface area contributed by atoms with Crippen LogP contribution in [0.15, 0.2) is 34.7 Å². The van der Waals surface area contributed by atoms with Crippen molar-refractivity contribution in [2.24, 2.45) is 11.3 Å². The first-order valence-corrected chi connectivity index (χ1v) is 10.1. The molecule has 1 amide bonds. The highest BCUT2D eigenvalue weighted by Gasteiger charge is 2.47. The minimum Gasteiger partial charge on any atom is -0.445 e. The summed E-state index contributed by atoms with van der Waals surface area (Å²) in [5.41, 5.74) is 1.95. The van der Waals surface area contributed by atoms with Crippen LogP contribution in [-0.2, 0) is 11.3 Å². The maximum atomic E-state index is 12.6. The molecule has 1 N–H and O–H groups in total. The number of benzene rings is 1. The van der Waals surface area contributed by atoms with Gasteiger partial charge in [-0.2, -0.15) is 0 Å². The van der Waals surface area contributed by atoms with E-state index in [1.807, 2.05) is 0 Å². The van der Waals surface area contributed by atoms with E-state index in [2.05, 4.69) is 45.5 Å². The summed E-state index contributed by atoms with van der Waals surface area (Å²) in [4.78, 5) is 19.4. The Kier molecular flexibility index (Phi) is 5.51. The maximum Gasteiger partial charge on any atom is 0.273 e. The number of amides is 1. The van der Waals surface area contributed by atoms with E-state index >= 15 is 0 Å². The fourth-order valence-corrected chi connectivity index (χ4v) is 4.77. The molecule has 0 aliphatic carbocycles. The molecule has 28 heavy (non-hydrogen) atoms. The fraction of sp³-hybridized carbons (Fsp3) is 0.545. The molecule has 2 saturated heterocycles. The third-order valence-electron chi connectivity index (χ3n) is 6.25. The van der Waals surface area contributed by atoms with E-state index in [4.69, 9.17) is 9.15 Å². The number of rotatable bonds is 5. The lowest BCUT2D eigenvalue weighted by Crippen LogP contribution is -2.42. The highest BCUT2D eigenvalue weighted by molar-refractivity contribution is 5.93. The fourth-order valence-electron chi connectivity index (χ4n) is 4.77. The summed E-state index contributed by atoms with van der Waals surface area (Å²) in [6.45, 7) is 8.84. The van der Waals surface area contributed by atoms with Crippen LogP contribution in [0.3, 0.4) is 0 Å². The molecular weight excluding hydrogens is 354 g/mol. The zero-order chi connectivity index (χ0) is 19.6. The number of carbonyl (C=O) groups is 1. The standard InChI is InChI=1S/C22H29N3O3/c1-16-20(24-17(2)28-16)21(26)23-12-19-14-25(13-18-6-4-3-5-7-18)15-22(19)8-10-27-11-9-22/h3-7,19H,8-15H2,1-2H3,(H,23,26). The number of hydrogen-bond acceptors (Lipinski definition) is 5. The molecule has 0 radical (unpaired) electrons. The summed E-state index contributed by atoms with van der Waals surface area (Å²) in [6, 6.07) is 10.6. The second kappa shape index (κ2) is 8.05. The Balaban J connectivity index is 1.44. The largest absolute Gasteiger partial charge is 0.445 e. The lowest BCUT2D eigenvalue weighted by molar-refractivity contribution is -0.000230. The van der Waals surface area contributed by atoms with Crippen molar-refractivity contribution in [1.82, 2.24) is 15.2 Å². The van der Waals surface area contributed by atoms with Gasteiger partial charge in [-0.3, -0.25) is 9.69 Å². The Morgan fingerprint density at radius 3 is 2.68 bits per heavy atom. The summed E-state index contributed by atoms with van der Waals surface area (Å²) in [6.07, 6.45) is 2.11. The number of nitrogens with zero attached hydrogens (tertiary/aromatic N) is 2. The van der Waals surface area contributed by atoms with Crippen molar-refractivity contribution in [3.63, 3.8) is 0 Å². The third kappa shape index (κ3) is 3.98. The van der Waals surface area contributed by atoms with Crippen LogP contribution in [0.4, 0.5) is 0 Å². The zero-order valence-corrected chi connectivity index (χ0v) is 16.7. The van der Waals surface area contributed by atoms with E-state index < -0.39 is 0 Å². The third-order valence-corrected chi connectivity index (χ3v) is 6.25. The average Bonchev–Trinajstić information content (AvgIpc) is 3.20. The predicted molar refractivity (Wildman–Crippen MR) is 106 cm³/mol. The van der Waals surface area contributed by atoms with Crippen molar-refractivity contribution < 1.29 is 13.9 Å². The molecule has 1 unspecified atom stereocenters. The summed E-state index contributed by atoms with van der Waals surface area (Å²) in [5, 5.41) is 3.12. The van der Waals surface area contributed by atoms with E-state index in [1.165, 1.54) is 5.56 Å². The molecule has 1 atom stereocenters. The molecule has 2 aliphatic heterocycles. The Morgan fingerprint density at radius 2 is 2.00 bits per heavy atom. The van der Waals surface area contributed by atoms with Gasteiger partial charge in [0.25, 0.3) is 5.91 Å². The molecule has 2 aromatic rings. The molecule has 6 heteroatoms. The Bertz CT molecular complexity index is 812. The van der Waals surface area contributed by atoms with E-state index in [1.54, 1.807) is 13.8 Å². The van der Waals surface area contributed by atoms with Gasteiger partial charge in [-0.05, 0) is 36.7 Å². The first kappa shape index (κ1) is 19.2. The summed E-state index contributed by atoms with van der Waals surface area (Å²) < 4.78 is 11.0. The maximum absolute atomic E-state index is 12.6. The second-order valence-corrected chi connectivity index (χ2v) is 8.17. The number of oxazole rings is 1. The van der Waals surface area contributed by atoms with Gasteiger partial charge in [-0.1, -0.05) is 30.3 Å². The van der Waals surface area contributed by atoms with E-state index in [0.29, 0.717) is 29.8 Å². The summed E-state index contributed by atoms with van der Waals surface area (Å²) >= 11 is 0. The molecule has 1 aromatic carbocycles. The molecule has 2 aliphatic rings. The summed E-state index contributed by atoms with van der Waals surface area (Å²) in [5.74, 6) is 1.38. The second-order valence-electron chi connectivity index (χ2n) is 8.17. The lowest BCUT2D eigenvalue weighted by Gasteiger charge is -2.38. The SMILES string of the molecule is Cc1nc(C(=O)NCC2CN(Cc3ccccc3)CC23CCOCC3)c(C)o1. The van der Waals surface area contributed by atoms with Gasteiger partial charge in [0.1, 0.15) is 5.76 Å². The van der Waals surface area contributed by atoms with Crippen molar-refractivity contribution in [2.75, 3.05) is 32.8 Å². The number of hydrogen-bond donors (Lipinski definition) is 1. The molecular formula is C22H29N3O3. The van der Waals surface area contributed by atoms with Gasteiger partial charge < -0.3 is 14.5 Å². The van der Waals surface area contributed by atoms with Crippen LogP contribution < -0.4 is 5.32 Å². The number of ether oxygens (including phenoxy) is 1. The van der Waals surface area contributed by atoms with Crippen LogP contribution in [0.5, 0.6) is 0 Å². The van der Waals surface area contributed by atoms with Crippen molar-refractivity contribution >= 4 is 5.91 Å².